The highest BCUT2D eigenvalue weighted by Crippen LogP contribution is 2.14. The molecule has 0 aliphatic carbocycles. The van der Waals surface area contributed by atoms with Crippen LogP contribution in [0.2, 0.25) is 0 Å². The Morgan fingerprint density at radius 2 is 0.426 bits per heavy atom. The molecule has 0 aliphatic rings. The third kappa shape index (κ3) is 57.1. The summed E-state index contributed by atoms with van der Waals surface area (Å²) in [5, 5.41) is 0. The van der Waals surface area contributed by atoms with Gasteiger partial charge < -0.3 is 52.1 Å². The SMILES string of the molecule is CCCCCCCCCCCCCCCC(=O)OCCOCCOCCOCCOCCOCCOCCOCCOCCOCCOCCCCCCCCCCCCC. The Labute approximate surface area is 375 Å². The van der Waals surface area contributed by atoms with Crippen LogP contribution in [0.25, 0.3) is 0 Å². The van der Waals surface area contributed by atoms with Crippen molar-refractivity contribution in [2.45, 2.75) is 174 Å². The minimum Gasteiger partial charge on any atom is -0.463 e. The van der Waals surface area contributed by atoms with E-state index in [-0.39, 0.29) is 5.97 Å². The number of rotatable bonds is 56. The smallest absolute Gasteiger partial charge is 0.305 e. The van der Waals surface area contributed by atoms with Gasteiger partial charge in [0.2, 0.25) is 0 Å². The van der Waals surface area contributed by atoms with E-state index in [1.165, 1.54) is 135 Å². The zero-order chi connectivity index (χ0) is 43.9. The van der Waals surface area contributed by atoms with E-state index < -0.39 is 0 Å². The van der Waals surface area contributed by atoms with E-state index in [1.54, 1.807) is 0 Å². The van der Waals surface area contributed by atoms with Gasteiger partial charge in [0.25, 0.3) is 0 Å². The van der Waals surface area contributed by atoms with Gasteiger partial charge in [-0.05, 0) is 12.8 Å². The highest BCUT2D eigenvalue weighted by atomic mass is 16.6. The summed E-state index contributed by atoms with van der Waals surface area (Å²) in [7, 11) is 0. The fourth-order valence-corrected chi connectivity index (χ4v) is 6.52. The van der Waals surface area contributed by atoms with E-state index in [2.05, 4.69) is 13.8 Å². The van der Waals surface area contributed by atoms with Crippen molar-refractivity contribution in [1.29, 1.82) is 0 Å². The first-order valence-corrected chi connectivity index (χ1v) is 25.2. The molecule has 0 heterocycles. The summed E-state index contributed by atoms with van der Waals surface area (Å²) in [4.78, 5) is 11.9. The van der Waals surface area contributed by atoms with Crippen molar-refractivity contribution >= 4 is 5.97 Å². The number of unbranched alkanes of at least 4 members (excludes halogenated alkanes) is 22. The number of carbonyl (C=O) groups excluding carboxylic acids is 1. The maximum Gasteiger partial charge on any atom is 0.305 e. The second kappa shape index (κ2) is 57.1. The molecule has 0 radical (unpaired) electrons. The Hall–Kier alpha value is -0.930. The molecule has 0 saturated heterocycles. The highest BCUT2D eigenvalue weighted by molar-refractivity contribution is 5.69. The second-order valence-corrected chi connectivity index (χ2v) is 15.9. The molecule has 0 fully saturated rings. The van der Waals surface area contributed by atoms with Crippen molar-refractivity contribution in [2.24, 2.45) is 0 Å². The lowest BCUT2D eigenvalue weighted by Gasteiger charge is -2.09. The number of carbonyl (C=O) groups is 1. The van der Waals surface area contributed by atoms with Gasteiger partial charge in [0.05, 0.1) is 126 Å². The maximum atomic E-state index is 11.9. The summed E-state index contributed by atoms with van der Waals surface area (Å²) in [6.45, 7) is 15.5. The molecule has 0 aromatic heterocycles. The molecule has 0 atom stereocenters. The molecule has 0 aromatic carbocycles. The normalized spacial score (nSPS) is 11.6. The maximum absolute atomic E-state index is 11.9. The number of hydrogen-bond acceptors (Lipinski definition) is 12. The third-order valence-corrected chi connectivity index (χ3v) is 10.2. The van der Waals surface area contributed by atoms with E-state index in [4.69, 9.17) is 52.1 Å². The van der Waals surface area contributed by atoms with Gasteiger partial charge in [-0.2, -0.15) is 0 Å². The lowest BCUT2D eigenvalue weighted by Crippen LogP contribution is -2.15. The van der Waals surface area contributed by atoms with Gasteiger partial charge in [-0.3, -0.25) is 4.79 Å². The first-order chi connectivity index (χ1) is 30.3. The molecule has 0 rings (SSSR count). The van der Waals surface area contributed by atoms with E-state index in [1.807, 2.05) is 0 Å². The topological polar surface area (TPSA) is 119 Å². The molecule has 0 N–H and O–H groups in total. The minimum absolute atomic E-state index is 0.129. The Kier molecular flexibility index (Phi) is 56.2. The largest absolute Gasteiger partial charge is 0.463 e. The van der Waals surface area contributed by atoms with Gasteiger partial charge in [-0.1, -0.05) is 155 Å². The Morgan fingerprint density at radius 1 is 0.230 bits per heavy atom. The standard InChI is InChI=1S/C49H98O12/c1-3-5-7-9-11-13-15-16-17-19-21-23-25-27-49(50)61-48-47-60-46-45-59-44-43-58-42-41-57-40-39-56-38-37-55-36-35-54-34-33-53-32-31-52-30-29-51-28-26-24-22-20-18-14-12-10-8-6-4-2/h3-48H2,1-2H3. The van der Waals surface area contributed by atoms with Crippen LogP contribution in [0.5, 0.6) is 0 Å². The van der Waals surface area contributed by atoms with Crippen molar-refractivity contribution < 1.29 is 56.9 Å². The lowest BCUT2D eigenvalue weighted by molar-refractivity contribution is -0.145. The van der Waals surface area contributed by atoms with Gasteiger partial charge >= 0.3 is 5.97 Å². The molecule has 0 spiro atoms. The molecule has 12 heteroatoms. The number of hydrogen-bond donors (Lipinski definition) is 0. The van der Waals surface area contributed by atoms with Crippen molar-refractivity contribution in [3.05, 3.63) is 0 Å². The molecule has 0 saturated carbocycles. The average Bonchev–Trinajstić information content (AvgIpc) is 3.27. The van der Waals surface area contributed by atoms with E-state index >= 15 is 0 Å². The van der Waals surface area contributed by atoms with Crippen LogP contribution in [0.15, 0.2) is 0 Å². The van der Waals surface area contributed by atoms with E-state index in [0.717, 1.165) is 25.9 Å². The summed E-state index contributed by atoms with van der Waals surface area (Å²) in [6, 6.07) is 0. The fraction of sp³-hybridized carbons (Fsp3) is 0.980. The average molecular weight is 879 g/mol. The molecule has 0 unspecified atom stereocenters. The Morgan fingerprint density at radius 3 is 0.689 bits per heavy atom. The zero-order valence-corrected chi connectivity index (χ0v) is 39.9. The molecular formula is C49H98O12. The van der Waals surface area contributed by atoms with Gasteiger partial charge in [0.1, 0.15) is 6.61 Å². The van der Waals surface area contributed by atoms with E-state index in [9.17, 15) is 4.79 Å². The monoisotopic (exact) mass is 879 g/mol. The molecule has 0 bridgehead atoms. The van der Waals surface area contributed by atoms with Crippen LogP contribution in [0, 0.1) is 0 Å². The fourth-order valence-electron chi connectivity index (χ4n) is 6.52. The summed E-state index contributed by atoms with van der Waals surface area (Å²) >= 11 is 0. The first kappa shape index (κ1) is 60.1. The molecule has 0 amide bonds. The van der Waals surface area contributed by atoms with Gasteiger partial charge in [-0.15, -0.1) is 0 Å². The van der Waals surface area contributed by atoms with Crippen LogP contribution < -0.4 is 0 Å². The molecule has 0 aliphatic heterocycles. The molecule has 0 aromatic rings. The van der Waals surface area contributed by atoms with Crippen molar-refractivity contribution in [2.75, 3.05) is 139 Å². The summed E-state index contributed by atoms with van der Waals surface area (Å²) in [5.41, 5.74) is 0. The summed E-state index contributed by atoms with van der Waals surface area (Å²) in [6.07, 6.45) is 32.2. The minimum atomic E-state index is -0.129. The van der Waals surface area contributed by atoms with Crippen molar-refractivity contribution in [3.8, 4) is 0 Å². The molecule has 61 heavy (non-hydrogen) atoms. The Balaban J connectivity index is 3.11. The molecular weight excluding hydrogens is 781 g/mol. The first-order valence-electron chi connectivity index (χ1n) is 25.2. The Bertz CT molecular complexity index is 793. The summed E-state index contributed by atoms with van der Waals surface area (Å²) < 4.78 is 60.7. The van der Waals surface area contributed by atoms with Crippen LogP contribution in [-0.4, -0.2) is 145 Å². The molecule has 366 valence electrons. The van der Waals surface area contributed by atoms with Gasteiger partial charge in [0.15, 0.2) is 0 Å². The van der Waals surface area contributed by atoms with Gasteiger partial charge in [-0.25, -0.2) is 0 Å². The van der Waals surface area contributed by atoms with Crippen LogP contribution >= 0.6 is 0 Å². The van der Waals surface area contributed by atoms with E-state index in [0.29, 0.717) is 139 Å². The predicted octanol–water partition coefficient (Wildman–Crippen LogP) is 10.5. The van der Waals surface area contributed by atoms with Crippen molar-refractivity contribution in [1.82, 2.24) is 0 Å². The predicted molar refractivity (Wildman–Crippen MR) is 246 cm³/mol. The molecule has 12 nitrogen and oxygen atoms in total. The van der Waals surface area contributed by atoms with Crippen LogP contribution in [-0.2, 0) is 56.9 Å². The number of ether oxygens (including phenoxy) is 11. The number of esters is 1. The third-order valence-electron chi connectivity index (χ3n) is 10.2. The van der Waals surface area contributed by atoms with Crippen LogP contribution in [0.3, 0.4) is 0 Å². The van der Waals surface area contributed by atoms with Crippen molar-refractivity contribution in [3.63, 3.8) is 0 Å². The summed E-state index contributed by atoms with van der Waals surface area (Å²) in [5.74, 6) is -0.129. The highest BCUT2D eigenvalue weighted by Gasteiger charge is 2.03. The van der Waals surface area contributed by atoms with Gasteiger partial charge in [0, 0.05) is 13.0 Å². The second-order valence-electron chi connectivity index (χ2n) is 15.9. The zero-order valence-electron chi connectivity index (χ0n) is 39.9. The quantitative estimate of drug-likeness (QED) is 0.0427. The van der Waals surface area contributed by atoms with Crippen LogP contribution in [0.1, 0.15) is 174 Å². The lowest BCUT2D eigenvalue weighted by atomic mass is 10.0. The van der Waals surface area contributed by atoms with Crippen LogP contribution in [0.4, 0.5) is 0 Å².